The molecule has 0 aliphatic carbocycles. The molecule has 1 rings (SSSR count). The first-order chi connectivity index (χ1) is 9.37. The predicted molar refractivity (Wildman–Crippen MR) is 80.9 cm³/mol. The first kappa shape index (κ1) is 16.8. The fraction of sp³-hybridized carbons (Fsp3) is 0.571. The number of halogens is 1. The zero-order chi connectivity index (χ0) is 15.0. The fourth-order valence-corrected chi connectivity index (χ4v) is 1.71. The van der Waals surface area contributed by atoms with Crippen LogP contribution in [0.5, 0.6) is 5.88 Å². The number of hydrogen-bond donors (Lipinski definition) is 1. The van der Waals surface area contributed by atoms with E-state index in [-0.39, 0.29) is 6.09 Å². The molecule has 20 heavy (non-hydrogen) atoms. The van der Waals surface area contributed by atoms with Crippen LogP contribution in [0, 0.1) is 0 Å². The van der Waals surface area contributed by atoms with E-state index in [0.717, 1.165) is 17.4 Å². The summed E-state index contributed by atoms with van der Waals surface area (Å²) in [5.41, 5.74) is -0.459. The highest BCUT2D eigenvalue weighted by atomic mass is 79.9. The maximum Gasteiger partial charge on any atom is 0.407 e. The Kier molecular flexibility index (Phi) is 6.78. The second-order valence-electron chi connectivity index (χ2n) is 5.28. The van der Waals surface area contributed by atoms with Gasteiger partial charge in [0.1, 0.15) is 10.2 Å². The number of carbonyl (C=O) groups excluding carboxylic acids is 1. The molecule has 0 spiro atoms. The average Bonchev–Trinajstić information content (AvgIpc) is 2.31. The lowest BCUT2D eigenvalue weighted by Crippen LogP contribution is -2.33. The monoisotopic (exact) mass is 344 g/mol. The second kappa shape index (κ2) is 8.09. The summed E-state index contributed by atoms with van der Waals surface area (Å²) in [7, 11) is 0. The van der Waals surface area contributed by atoms with E-state index >= 15 is 0 Å². The van der Waals surface area contributed by atoms with Crippen molar-refractivity contribution >= 4 is 22.0 Å². The Bertz CT molecular complexity index is 433. The largest absolute Gasteiger partial charge is 0.478 e. The quantitative estimate of drug-likeness (QED) is 0.633. The van der Waals surface area contributed by atoms with Gasteiger partial charge in [0.2, 0.25) is 5.88 Å². The summed E-state index contributed by atoms with van der Waals surface area (Å²) in [5, 5.41) is 2.71. The molecule has 0 radical (unpaired) electrons. The van der Waals surface area contributed by atoms with Gasteiger partial charge in [-0.3, -0.25) is 0 Å². The highest BCUT2D eigenvalue weighted by Gasteiger charge is 2.15. The number of hydrogen-bond acceptors (Lipinski definition) is 4. The van der Waals surface area contributed by atoms with Crippen molar-refractivity contribution in [3.63, 3.8) is 0 Å². The topological polar surface area (TPSA) is 60.5 Å². The third-order valence-electron chi connectivity index (χ3n) is 2.18. The van der Waals surface area contributed by atoms with Crippen LogP contribution in [0.15, 0.2) is 22.8 Å². The highest BCUT2D eigenvalue weighted by Crippen LogP contribution is 2.12. The lowest BCUT2D eigenvalue weighted by Gasteiger charge is -2.19. The predicted octanol–water partition coefficient (Wildman–Crippen LogP) is 3.53. The molecule has 5 nitrogen and oxygen atoms in total. The number of nitrogens with one attached hydrogen (secondary N) is 1. The van der Waals surface area contributed by atoms with E-state index in [4.69, 9.17) is 9.47 Å². The molecule has 1 amide bonds. The molecule has 0 aliphatic heterocycles. The minimum atomic E-state index is -0.459. The fourth-order valence-electron chi connectivity index (χ4n) is 1.38. The Morgan fingerprint density at radius 1 is 1.35 bits per heavy atom. The van der Waals surface area contributed by atoms with Gasteiger partial charge in [-0.25, -0.2) is 9.78 Å². The molecule has 0 atom stereocenters. The van der Waals surface area contributed by atoms with Crippen LogP contribution in [0.3, 0.4) is 0 Å². The van der Waals surface area contributed by atoms with Gasteiger partial charge in [0, 0.05) is 12.6 Å². The maximum atomic E-state index is 11.4. The number of unbranched alkanes of at least 4 members (excludes halogenated alkanes) is 1. The molecule has 1 aromatic heterocycles. The van der Waals surface area contributed by atoms with E-state index < -0.39 is 5.60 Å². The van der Waals surface area contributed by atoms with Crippen molar-refractivity contribution in [1.29, 1.82) is 0 Å². The first-order valence-corrected chi connectivity index (χ1v) is 7.38. The number of pyridine rings is 1. The zero-order valence-corrected chi connectivity index (χ0v) is 13.7. The molecule has 0 fully saturated rings. The average molecular weight is 345 g/mol. The summed E-state index contributed by atoms with van der Waals surface area (Å²) in [6.07, 6.45) is 1.28. The summed E-state index contributed by atoms with van der Waals surface area (Å²) < 4.78 is 11.4. The van der Waals surface area contributed by atoms with Crippen LogP contribution >= 0.6 is 15.9 Å². The number of nitrogens with zero attached hydrogens (tertiary/aromatic N) is 1. The van der Waals surface area contributed by atoms with Crippen LogP contribution in [0.1, 0.15) is 33.6 Å². The van der Waals surface area contributed by atoms with Crippen LogP contribution in [-0.2, 0) is 4.74 Å². The minimum absolute atomic E-state index is 0.382. The van der Waals surface area contributed by atoms with Crippen molar-refractivity contribution in [1.82, 2.24) is 10.3 Å². The van der Waals surface area contributed by atoms with Crippen molar-refractivity contribution in [3.05, 3.63) is 22.8 Å². The normalized spacial score (nSPS) is 11.0. The van der Waals surface area contributed by atoms with Crippen LogP contribution in [0.4, 0.5) is 4.79 Å². The standard InChI is InChI=1S/C14H21BrN2O3/c1-14(2,3)20-13(18)16-9-4-5-10-19-12-8-6-7-11(15)17-12/h6-8H,4-5,9-10H2,1-3H3,(H,16,18). The molecular formula is C14H21BrN2O3. The lowest BCUT2D eigenvalue weighted by atomic mass is 10.2. The van der Waals surface area contributed by atoms with Gasteiger partial charge in [-0.1, -0.05) is 6.07 Å². The highest BCUT2D eigenvalue weighted by molar-refractivity contribution is 9.10. The minimum Gasteiger partial charge on any atom is -0.478 e. The van der Waals surface area contributed by atoms with E-state index in [1.165, 1.54) is 0 Å². The number of alkyl carbamates (subject to hydrolysis) is 1. The first-order valence-electron chi connectivity index (χ1n) is 6.59. The van der Waals surface area contributed by atoms with Gasteiger partial charge in [-0.15, -0.1) is 0 Å². The van der Waals surface area contributed by atoms with E-state index in [1.807, 2.05) is 39.0 Å². The van der Waals surface area contributed by atoms with Gasteiger partial charge >= 0.3 is 6.09 Å². The summed E-state index contributed by atoms with van der Waals surface area (Å²) in [5.74, 6) is 0.597. The Hall–Kier alpha value is -1.30. The lowest BCUT2D eigenvalue weighted by molar-refractivity contribution is 0.0526. The molecule has 1 N–H and O–H groups in total. The summed E-state index contributed by atoms with van der Waals surface area (Å²) in [6, 6.07) is 5.53. The van der Waals surface area contributed by atoms with E-state index in [1.54, 1.807) is 0 Å². The van der Waals surface area contributed by atoms with Crippen LogP contribution in [0.2, 0.25) is 0 Å². The Morgan fingerprint density at radius 2 is 2.10 bits per heavy atom. The number of amides is 1. The van der Waals surface area contributed by atoms with Crippen LogP contribution < -0.4 is 10.1 Å². The molecule has 0 saturated heterocycles. The number of ether oxygens (including phenoxy) is 2. The van der Waals surface area contributed by atoms with Crippen molar-refractivity contribution in [2.24, 2.45) is 0 Å². The second-order valence-corrected chi connectivity index (χ2v) is 6.10. The third kappa shape index (κ3) is 7.99. The van der Waals surface area contributed by atoms with E-state index in [2.05, 4.69) is 26.2 Å². The smallest absolute Gasteiger partial charge is 0.407 e. The Morgan fingerprint density at radius 3 is 2.75 bits per heavy atom. The van der Waals surface area contributed by atoms with Crippen molar-refractivity contribution in [2.45, 2.75) is 39.2 Å². The maximum absolute atomic E-state index is 11.4. The third-order valence-corrected chi connectivity index (χ3v) is 2.62. The SMILES string of the molecule is CC(C)(C)OC(=O)NCCCCOc1cccc(Br)n1. The Balaban J connectivity index is 2.07. The van der Waals surface area contributed by atoms with Crippen LogP contribution in [0.25, 0.3) is 0 Å². The van der Waals surface area contributed by atoms with Gasteiger partial charge < -0.3 is 14.8 Å². The molecular weight excluding hydrogens is 324 g/mol. The molecule has 1 aromatic rings. The molecule has 112 valence electrons. The van der Waals surface area contributed by atoms with Crippen molar-refractivity contribution in [2.75, 3.05) is 13.2 Å². The molecule has 6 heteroatoms. The molecule has 0 aromatic carbocycles. The molecule has 1 heterocycles. The summed E-state index contributed by atoms with van der Waals surface area (Å²) in [4.78, 5) is 15.5. The van der Waals surface area contributed by atoms with Gasteiger partial charge in [0.15, 0.2) is 0 Å². The van der Waals surface area contributed by atoms with Crippen molar-refractivity contribution in [3.8, 4) is 5.88 Å². The van der Waals surface area contributed by atoms with Crippen LogP contribution in [-0.4, -0.2) is 29.8 Å². The zero-order valence-electron chi connectivity index (χ0n) is 12.1. The van der Waals surface area contributed by atoms with Gasteiger partial charge in [-0.05, 0) is 55.6 Å². The molecule has 0 saturated carbocycles. The van der Waals surface area contributed by atoms with Gasteiger partial charge in [-0.2, -0.15) is 0 Å². The Labute approximate surface area is 128 Å². The number of aromatic nitrogens is 1. The molecule has 0 aliphatic rings. The number of rotatable bonds is 6. The van der Waals surface area contributed by atoms with Gasteiger partial charge in [0.25, 0.3) is 0 Å². The molecule has 0 bridgehead atoms. The molecule has 0 unspecified atom stereocenters. The number of carbonyl (C=O) groups is 1. The van der Waals surface area contributed by atoms with Gasteiger partial charge in [0.05, 0.1) is 6.61 Å². The van der Waals surface area contributed by atoms with Crippen molar-refractivity contribution < 1.29 is 14.3 Å². The van der Waals surface area contributed by atoms with E-state index in [9.17, 15) is 4.79 Å². The summed E-state index contributed by atoms with van der Waals surface area (Å²) >= 11 is 3.28. The summed E-state index contributed by atoms with van der Waals surface area (Å²) in [6.45, 7) is 6.66. The van der Waals surface area contributed by atoms with E-state index in [0.29, 0.717) is 19.0 Å².